The van der Waals surface area contributed by atoms with Crippen LogP contribution in [-0.2, 0) is 0 Å². The van der Waals surface area contributed by atoms with Crippen LogP contribution in [0.25, 0.3) is 18.2 Å². The summed E-state index contributed by atoms with van der Waals surface area (Å²) in [7, 11) is 0. The van der Waals surface area contributed by atoms with Crippen molar-refractivity contribution in [1.82, 2.24) is 0 Å². The zero-order chi connectivity index (χ0) is 12.3. The van der Waals surface area contributed by atoms with E-state index < -0.39 is 0 Å². The second kappa shape index (κ2) is 5.15. The molecule has 0 unspecified atom stereocenters. The summed E-state index contributed by atoms with van der Waals surface area (Å²) in [6, 6.07) is 16.2. The molecule has 0 spiro atoms. The first kappa shape index (κ1) is 11.9. The lowest BCUT2D eigenvalue weighted by Crippen LogP contribution is -2.21. The van der Waals surface area contributed by atoms with Gasteiger partial charge in [-0.15, -0.1) is 0 Å². The van der Waals surface area contributed by atoms with Gasteiger partial charge in [-0.25, -0.2) is 0 Å². The van der Waals surface area contributed by atoms with E-state index in [-0.39, 0.29) is 0 Å². The average molecular weight is 285 g/mol. The molecule has 0 N–H and O–H groups in total. The summed E-state index contributed by atoms with van der Waals surface area (Å²) < 4.78 is 1.08. The fourth-order valence-corrected chi connectivity index (χ4v) is 1.87. The molecule has 0 fully saturated rings. The van der Waals surface area contributed by atoms with Crippen molar-refractivity contribution in [2.75, 3.05) is 0 Å². The maximum atomic E-state index is 4.09. The number of allylic oxidation sites excluding steroid dienone is 1. The lowest BCUT2D eigenvalue weighted by atomic mass is 10.1. The molecule has 2 rings (SSSR count). The van der Waals surface area contributed by atoms with Gasteiger partial charge in [0.05, 0.1) is 0 Å². The minimum Gasteiger partial charge on any atom is -0.0912 e. The molecule has 0 radical (unpaired) electrons. The third-order valence-electron chi connectivity index (χ3n) is 2.60. The van der Waals surface area contributed by atoms with Crippen LogP contribution < -0.4 is 10.4 Å². The molecule has 0 aliphatic rings. The zero-order valence-electron chi connectivity index (χ0n) is 9.49. The molecule has 2 aromatic carbocycles. The quantitative estimate of drug-likeness (QED) is 0.793. The van der Waals surface area contributed by atoms with Crippen molar-refractivity contribution in [2.45, 2.75) is 0 Å². The molecular formula is C16H13Br. The zero-order valence-corrected chi connectivity index (χ0v) is 11.1. The third kappa shape index (κ3) is 2.95. The smallest absolute Gasteiger partial charge is 0.0175 e. The van der Waals surface area contributed by atoms with Gasteiger partial charge in [-0.2, -0.15) is 0 Å². The highest BCUT2D eigenvalue weighted by molar-refractivity contribution is 9.10. The molecule has 0 nitrogen and oxygen atoms in total. The van der Waals surface area contributed by atoms with Crippen LogP contribution in [0.5, 0.6) is 0 Å². The molecule has 0 heterocycles. The van der Waals surface area contributed by atoms with E-state index in [0.29, 0.717) is 0 Å². The Hall–Kier alpha value is -1.60. The molecule has 0 aliphatic heterocycles. The van der Waals surface area contributed by atoms with Gasteiger partial charge in [0.15, 0.2) is 0 Å². The van der Waals surface area contributed by atoms with Crippen LogP contribution in [0.1, 0.15) is 5.56 Å². The maximum Gasteiger partial charge on any atom is 0.0175 e. The van der Waals surface area contributed by atoms with E-state index in [2.05, 4.69) is 47.3 Å². The van der Waals surface area contributed by atoms with E-state index in [1.807, 2.05) is 36.4 Å². The minimum atomic E-state index is 0.994. The molecule has 1 heteroatoms. The van der Waals surface area contributed by atoms with Crippen LogP contribution in [0.2, 0.25) is 0 Å². The number of rotatable bonds is 2. The summed E-state index contributed by atoms with van der Waals surface area (Å²) >= 11 is 3.42. The summed E-state index contributed by atoms with van der Waals surface area (Å²) in [6.07, 6.45) is 2.06. The first-order chi connectivity index (χ1) is 8.16. The van der Waals surface area contributed by atoms with Crippen LogP contribution in [0.4, 0.5) is 0 Å². The van der Waals surface area contributed by atoms with Crippen molar-refractivity contribution in [1.29, 1.82) is 0 Å². The minimum absolute atomic E-state index is 0.994. The van der Waals surface area contributed by atoms with Crippen LogP contribution in [0.15, 0.2) is 59.6 Å². The van der Waals surface area contributed by atoms with E-state index in [1.54, 1.807) is 0 Å². The Labute approximate surface area is 110 Å². The molecule has 0 aromatic heterocycles. The number of halogens is 1. The molecule has 0 atom stereocenters. The van der Waals surface area contributed by atoms with Gasteiger partial charge >= 0.3 is 0 Å². The fraction of sp³-hybridized carbons (Fsp3) is 0. The molecular weight excluding hydrogens is 272 g/mol. The highest BCUT2D eigenvalue weighted by atomic mass is 79.9. The van der Waals surface area contributed by atoms with Crippen molar-refractivity contribution in [2.24, 2.45) is 0 Å². The van der Waals surface area contributed by atoms with Gasteiger partial charge in [0.2, 0.25) is 0 Å². The predicted octanol–water partition coefficient (Wildman–Crippen LogP) is 3.35. The van der Waals surface area contributed by atoms with Crippen molar-refractivity contribution >= 4 is 34.2 Å². The topological polar surface area (TPSA) is 0 Å². The second-order valence-electron chi connectivity index (χ2n) is 3.88. The summed E-state index contributed by atoms with van der Waals surface area (Å²) in [5.41, 5.74) is 2.12. The monoisotopic (exact) mass is 284 g/mol. The largest absolute Gasteiger partial charge is 0.0912 e. The molecule has 84 valence electrons. The van der Waals surface area contributed by atoms with Crippen LogP contribution in [-0.4, -0.2) is 0 Å². The lowest BCUT2D eigenvalue weighted by Gasteiger charge is -2.00. The Bertz CT molecular complexity index is 636. The van der Waals surface area contributed by atoms with E-state index >= 15 is 0 Å². The van der Waals surface area contributed by atoms with Crippen molar-refractivity contribution < 1.29 is 0 Å². The molecule has 0 saturated carbocycles. The van der Waals surface area contributed by atoms with Crippen LogP contribution >= 0.6 is 15.9 Å². The van der Waals surface area contributed by atoms with E-state index in [0.717, 1.165) is 26.0 Å². The molecule has 0 bridgehead atoms. The van der Waals surface area contributed by atoms with Gasteiger partial charge in [0.1, 0.15) is 0 Å². The Morgan fingerprint density at radius 1 is 1.00 bits per heavy atom. The highest BCUT2D eigenvalue weighted by Crippen LogP contribution is 2.17. The SMILES string of the molecule is C=C(/C=c1/ccccc1=C)c1ccc(Br)cc1. The van der Waals surface area contributed by atoms with Gasteiger partial charge in [0.25, 0.3) is 0 Å². The Morgan fingerprint density at radius 2 is 1.65 bits per heavy atom. The van der Waals surface area contributed by atoms with Gasteiger partial charge in [-0.1, -0.05) is 65.5 Å². The summed E-state index contributed by atoms with van der Waals surface area (Å²) in [4.78, 5) is 0. The first-order valence-corrected chi connectivity index (χ1v) is 6.17. The van der Waals surface area contributed by atoms with Gasteiger partial charge < -0.3 is 0 Å². The standard InChI is InChI=1S/C16H13Br/c1-12-5-3-4-6-15(12)11-13(2)14-7-9-16(17)10-8-14/h3-11H,1-2H2/b15-11-. The third-order valence-corrected chi connectivity index (χ3v) is 3.13. The van der Waals surface area contributed by atoms with Crippen molar-refractivity contribution in [3.63, 3.8) is 0 Å². The fourth-order valence-electron chi connectivity index (χ4n) is 1.61. The first-order valence-electron chi connectivity index (χ1n) is 5.37. The van der Waals surface area contributed by atoms with Gasteiger partial charge in [0, 0.05) is 4.47 Å². The van der Waals surface area contributed by atoms with E-state index in [4.69, 9.17) is 0 Å². The molecule has 2 aromatic rings. The Balaban J connectivity index is 2.41. The lowest BCUT2D eigenvalue weighted by molar-refractivity contribution is 1.53. The Morgan fingerprint density at radius 3 is 2.29 bits per heavy atom. The van der Waals surface area contributed by atoms with Gasteiger partial charge in [-0.3, -0.25) is 0 Å². The molecule has 0 aliphatic carbocycles. The number of hydrogen-bond acceptors (Lipinski definition) is 0. The van der Waals surface area contributed by atoms with Crippen molar-refractivity contribution in [3.8, 4) is 0 Å². The normalized spacial score (nSPS) is 11.5. The molecule has 0 saturated heterocycles. The van der Waals surface area contributed by atoms with Crippen LogP contribution in [0.3, 0.4) is 0 Å². The average Bonchev–Trinajstić information content (AvgIpc) is 2.33. The predicted molar refractivity (Wildman–Crippen MR) is 78.9 cm³/mol. The van der Waals surface area contributed by atoms with E-state index in [9.17, 15) is 0 Å². The highest BCUT2D eigenvalue weighted by Gasteiger charge is 1.95. The summed E-state index contributed by atoms with van der Waals surface area (Å²) in [5, 5.41) is 2.13. The van der Waals surface area contributed by atoms with Crippen LogP contribution in [0, 0.1) is 0 Å². The second-order valence-corrected chi connectivity index (χ2v) is 4.79. The summed E-state index contributed by atoms with van der Waals surface area (Å²) in [6.45, 7) is 8.09. The summed E-state index contributed by atoms with van der Waals surface area (Å²) in [5.74, 6) is 0. The molecule has 0 amide bonds. The van der Waals surface area contributed by atoms with Crippen molar-refractivity contribution in [3.05, 3.63) is 75.6 Å². The molecule has 17 heavy (non-hydrogen) atoms. The van der Waals surface area contributed by atoms with Gasteiger partial charge in [-0.05, 0) is 39.8 Å². The maximum absolute atomic E-state index is 4.09. The van der Waals surface area contributed by atoms with E-state index in [1.165, 1.54) is 0 Å². The Kier molecular flexibility index (Phi) is 3.60. The number of hydrogen-bond donors (Lipinski definition) is 0. The number of benzene rings is 2.